The van der Waals surface area contributed by atoms with E-state index in [4.69, 9.17) is 11.6 Å². The molecule has 0 spiro atoms. The van der Waals surface area contributed by atoms with Gasteiger partial charge in [0.1, 0.15) is 11.6 Å². The number of pyridine rings is 1. The summed E-state index contributed by atoms with van der Waals surface area (Å²) in [6.07, 6.45) is 3.11. The standard InChI is InChI=1S/C17H10ClN7/c18-15-16(23-13-6-2-1-5-12(13)22-15)24-17-11(9-19)10-21-25(17)14-7-3-4-8-20-14/h1-8,10H,(H,23,24). The Balaban J connectivity index is 1.82. The van der Waals surface area contributed by atoms with Crippen molar-refractivity contribution in [3.05, 3.63) is 65.6 Å². The van der Waals surface area contributed by atoms with Crippen molar-refractivity contribution in [3.8, 4) is 11.9 Å². The van der Waals surface area contributed by atoms with Crippen LogP contribution in [0.4, 0.5) is 11.6 Å². The smallest absolute Gasteiger partial charge is 0.172 e. The number of rotatable bonds is 3. The van der Waals surface area contributed by atoms with E-state index in [1.807, 2.05) is 30.3 Å². The van der Waals surface area contributed by atoms with E-state index in [1.165, 1.54) is 10.9 Å². The number of halogens is 1. The van der Waals surface area contributed by atoms with Gasteiger partial charge in [0, 0.05) is 6.20 Å². The van der Waals surface area contributed by atoms with Gasteiger partial charge in [-0.3, -0.25) is 0 Å². The molecule has 8 heteroatoms. The van der Waals surface area contributed by atoms with Crippen molar-refractivity contribution in [1.82, 2.24) is 24.7 Å². The largest absolute Gasteiger partial charge is 0.321 e. The van der Waals surface area contributed by atoms with Gasteiger partial charge in [-0.2, -0.15) is 15.0 Å². The van der Waals surface area contributed by atoms with Crippen LogP contribution in [-0.4, -0.2) is 24.7 Å². The average Bonchev–Trinajstić information content (AvgIpc) is 3.05. The van der Waals surface area contributed by atoms with E-state index in [1.54, 1.807) is 18.3 Å². The lowest BCUT2D eigenvalue weighted by molar-refractivity contribution is 0.853. The Morgan fingerprint density at radius 3 is 2.52 bits per heavy atom. The van der Waals surface area contributed by atoms with Crippen LogP contribution in [0.5, 0.6) is 0 Å². The highest BCUT2D eigenvalue weighted by atomic mass is 35.5. The van der Waals surface area contributed by atoms with Crippen molar-refractivity contribution >= 4 is 34.3 Å². The summed E-state index contributed by atoms with van der Waals surface area (Å²) in [5.74, 6) is 1.33. The first-order valence-electron chi connectivity index (χ1n) is 7.35. The van der Waals surface area contributed by atoms with Crippen LogP contribution in [0.3, 0.4) is 0 Å². The molecule has 120 valence electrons. The highest BCUT2D eigenvalue weighted by Crippen LogP contribution is 2.27. The molecule has 0 aliphatic carbocycles. The van der Waals surface area contributed by atoms with Gasteiger partial charge in [-0.25, -0.2) is 15.0 Å². The van der Waals surface area contributed by atoms with Crippen LogP contribution < -0.4 is 5.32 Å². The molecule has 0 saturated carbocycles. The number of hydrogen-bond donors (Lipinski definition) is 1. The monoisotopic (exact) mass is 347 g/mol. The van der Waals surface area contributed by atoms with Crippen LogP contribution in [0, 0.1) is 11.3 Å². The zero-order valence-electron chi connectivity index (χ0n) is 12.8. The molecule has 1 N–H and O–H groups in total. The average molecular weight is 348 g/mol. The second-order valence-corrected chi connectivity index (χ2v) is 5.45. The van der Waals surface area contributed by atoms with Crippen molar-refractivity contribution in [3.63, 3.8) is 0 Å². The van der Waals surface area contributed by atoms with E-state index in [9.17, 15) is 5.26 Å². The minimum atomic E-state index is 0.205. The molecule has 25 heavy (non-hydrogen) atoms. The predicted octanol–water partition coefficient (Wildman–Crippen LogP) is 3.48. The number of nitrogens with zero attached hydrogens (tertiary/aromatic N) is 6. The number of para-hydroxylation sites is 2. The lowest BCUT2D eigenvalue weighted by atomic mass is 10.3. The topological polar surface area (TPSA) is 92.3 Å². The second-order valence-electron chi connectivity index (χ2n) is 5.10. The number of anilines is 2. The Morgan fingerprint density at radius 2 is 1.80 bits per heavy atom. The first-order valence-corrected chi connectivity index (χ1v) is 7.73. The van der Waals surface area contributed by atoms with Crippen LogP contribution in [0.1, 0.15) is 5.56 Å². The Labute approximate surface area is 147 Å². The fraction of sp³-hybridized carbons (Fsp3) is 0. The molecule has 0 saturated heterocycles. The fourth-order valence-corrected chi connectivity index (χ4v) is 2.55. The van der Waals surface area contributed by atoms with Gasteiger partial charge in [-0.15, -0.1) is 0 Å². The molecule has 4 aromatic rings. The molecule has 0 radical (unpaired) electrons. The van der Waals surface area contributed by atoms with Gasteiger partial charge < -0.3 is 5.32 Å². The zero-order valence-corrected chi connectivity index (χ0v) is 13.5. The first-order chi connectivity index (χ1) is 12.3. The molecule has 0 amide bonds. The van der Waals surface area contributed by atoms with Crippen LogP contribution in [0.2, 0.25) is 5.15 Å². The number of nitriles is 1. The number of fused-ring (bicyclic) bond motifs is 1. The minimum absolute atomic E-state index is 0.205. The molecule has 0 fully saturated rings. The van der Waals surface area contributed by atoms with Crippen molar-refractivity contribution in [2.45, 2.75) is 0 Å². The van der Waals surface area contributed by atoms with E-state index < -0.39 is 0 Å². The normalized spacial score (nSPS) is 10.6. The molecule has 1 aromatic carbocycles. The highest BCUT2D eigenvalue weighted by Gasteiger charge is 2.16. The predicted molar refractivity (Wildman–Crippen MR) is 93.9 cm³/mol. The van der Waals surface area contributed by atoms with Gasteiger partial charge in [0.2, 0.25) is 0 Å². The SMILES string of the molecule is N#Cc1cnn(-c2ccccn2)c1Nc1nc2ccccc2nc1Cl. The third-order valence-corrected chi connectivity index (χ3v) is 3.78. The maximum atomic E-state index is 9.36. The third-order valence-electron chi connectivity index (χ3n) is 3.52. The van der Waals surface area contributed by atoms with E-state index in [-0.39, 0.29) is 5.15 Å². The van der Waals surface area contributed by atoms with Crippen LogP contribution >= 0.6 is 11.6 Å². The van der Waals surface area contributed by atoms with Crippen molar-refractivity contribution in [2.75, 3.05) is 5.32 Å². The molecule has 3 aromatic heterocycles. The summed E-state index contributed by atoms with van der Waals surface area (Å²) in [4.78, 5) is 13.1. The molecular formula is C17H10ClN7. The Kier molecular flexibility index (Phi) is 3.72. The quantitative estimate of drug-likeness (QED) is 0.610. The van der Waals surface area contributed by atoms with E-state index in [0.717, 1.165) is 0 Å². The molecule has 4 rings (SSSR count). The van der Waals surface area contributed by atoms with Crippen LogP contribution in [-0.2, 0) is 0 Å². The second kappa shape index (κ2) is 6.19. The third kappa shape index (κ3) is 2.75. The lowest BCUT2D eigenvalue weighted by Gasteiger charge is -2.10. The molecule has 0 aliphatic rings. The minimum Gasteiger partial charge on any atom is -0.321 e. The highest BCUT2D eigenvalue weighted by molar-refractivity contribution is 6.32. The van der Waals surface area contributed by atoms with Crippen molar-refractivity contribution < 1.29 is 0 Å². The van der Waals surface area contributed by atoms with Gasteiger partial charge in [0.25, 0.3) is 0 Å². The van der Waals surface area contributed by atoms with Crippen LogP contribution in [0.25, 0.3) is 16.9 Å². The van der Waals surface area contributed by atoms with E-state index >= 15 is 0 Å². The van der Waals surface area contributed by atoms with Gasteiger partial charge in [0.05, 0.1) is 17.2 Å². The molecule has 0 unspecified atom stereocenters. The summed E-state index contributed by atoms with van der Waals surface area (Å²) >= 11 is 6.25. The Morgan fingerprint density at radius 1 is 1.04 bits per heavy atom. The summed E-state index contributed by atoms with van der Waals surface area (Å²) in [6, 6.07) is 14.9. The zero-order chi connectivity index (χ0) is 17.2. The molecule has 0 aliphatic heterocycles. The molecular weight excluding hydrogens is 338 g/mol. The maximum absolute atomic E-state index is 9.36. The number of aromatic nitrogens is 5. The van der Waals surface area contributed by atoms with Gasteiger partial charge in [-0.1, -0.05) is 29.8 Å². The van der Waals surface area contributed by atoms with E-state index in [2.05, 4.69) is 31.4 Å². The molecule has 7 nitrogen and oxygen atoms in total. The Hall–Kier alpha value is -3.50. The molecule has 0 atom stereocenters. The summed E-state index contributed by atoms with van der Waals surface area (Å²) < 4.78 is 1.52. The summed E-state index contributed by atoms with van der Waals surface area (Å²) in [5.41, 5.74) is 1.73. The Bertz CT molecular complexity index is 1100. The van der Waals surface area contributed by atoms with Crippen LogP contribution in [0.15, 0.2) is 54.9 Å². The fourth-order valence-electron chi connectivity index (χ4n) is 2.37. The molecule has 3 heterocycles. The van der Waals surface area contributed by atoms with E-state index in [0.29, 0.717) is 34.1 Å². The van der Waals surface area contributed by atoms with Crippen molar-refractivity contribution in [1.29, 1.82) is 5.26 Å². The van der Waals surface area contributed by atoms with Gasteiger partial charge >= 0.3 is 0 Å². The maximum Gasteiger partial charge on any atom is 0.172 e. The van der Waals surface area contributed by atoms with Gasteiger partial charge in [0.15, 0.2) is 22.6 Å². The lowest BCUT2D eigenvalue weighted by Crippen LogP contribution is -2.06. The number of benzene rings is 1. The summed E-state index contributed by atoms with van der Waals surface area (Å²) in [7, 11) is 0. The first kappa shape index (κ1) is 15.1. The number of nitrogens with one attached hydrogen (secondary N) is 1. The van der Waals surface area contributed by atoms with Crippen molar-refractivity contribution in [2.24, 2.45) is 0 Å². The van der Waals surface area contributed by atoms with Gasteiger partial charge in [-0.05, 0) is 24.3 Å². The summed E-state index contributed by atoms with van der Waals surface area (Å²) in [6.45, 7) is 0. The summed E-state index contributed by atoms with van der Waals surface area (Å²) in [5, 5.41) is 16.9. The number of hydrogen-bond acceptors (Lipinski definition) is 6. The molecule has 0 bridgehead atoms.